The Balaban J connectivity index is 1.81. The Bertz CT molecular complexity index is 817. The molecule has 0 unspecified atom stereocenters. The molecule has 3 rings (SSSR count). The van der Waals surface area contributed by atoms with Crippen LogP contribution >= 0.6 is 0 Å². The predicted octanol–water partition coefficient (Wildman–Crippen LogP) is 2.80. The number of para-hydroxylation sites is 1. The molecule has 0 saturated carbocycles. The van der Waals surface area contributed by atoms with Crippen molar-refractivity contribution in [2.75, 3.05) is 5.32 Å². The molecule has 0 saturated heterocycles. The molecule has 0 aliphatic heterocycles. The number of halogens is 2. The highest BCUT2D eigenvalue weighted by molar-refractivity contribution is 6.01. The molecule has 0 radical (unpaired) electrons. The monoisotopic (exact) mass is 300 g/mol. The summed E-state index contributed by atoms with van der Waals surface area (Å²) < 4.78 is 27.3. The lowest BCUT2D eigenvalue weighted by Crippen LogP contribution is -2.14. The fourth-order valence-corrected chi connectivity index (χ4v) is 1.83. The van der Waals surface area contributed by atoms with Gasteiger partial charge in [0.05, 0.1) is 5.69 Å². The van der Waals surface area contributed by atoms with Gasteiger partial charge in [-0.3, -0.25) is 4.79 Å². The van der Waals surface area contributed by atoms with Gasteiger partial charge < -0.3 is 5.32 Å². The van der Waals surface area contributed by atoms with Crippen molar-refractivity contribution < 1.29 is 13.6 Å². The van der Waals surface area contributed by atoms with Crippen molar-refractivity contribution in [3.8, 4) is 5.69 Å². The number of nitrogens with one attached hydrogen (secondary N) is 1. The van der Waals surface area contributed by atoms with Crippen LogP contribution in [-0.2, 0) is 0 Å². The zero-order valence-electron chi connectivity index (χ0n) is 11.2. The lowest BCUT2D eigenvalue weighted by atomic mass is 10.3. The van der Waals surface area contributed by atoms with Gasteiger partial charge in [-0.2, -0.15) is 0 Å². The summed E-state index contributed by atoms with van der Waals surface area (Å²) in [5.74, 6) is -2.52. The van der Waals surface area contributed by atoms with E-state index in [0.29, 0.717) is 5.69 Å². The van der Waals surface area contributed by atoms with Crippen molar-refractivity contribution in [3.63, 3.8) is 0 Å². The van der Waals surface area contributed by atoms with E-state index in [1.807, 2.05) is 6.07 Å². The molecule has 3 aromatic rings. The van der Waals surface area contributed by atoms with Crippen molar-refractivity contribution in [1.29, 1.82) is 0 Å². The van der Waals surface area contributed by atoms with Crippen LogP contribution in [0.2, 0.25) is 0 Å². The largest absolute Gasteiger partial charge is 0.319 e. The summed E-state index contributed by atoms with van der Waals surface area (Å²) in [4.78, 5) is 15.9. The smallest absolute Gasteiger partial charge is 0.295 e. The van der Waals surface area contributed by atoms with E-state index in [2.05, 4.69) is 15.4 Å². The van der Waals surface area contributed by atoms with Crippen LogP contribution in [0.1, 0.15) is 10.6 Å². The third-order valence-electron chi connectivity index (χ3n) is 2.89. The predicted molar refractivity (Wildman–Crippen MR) is 75.7 cm³/mol. The highest BCUT2D eigenvalue weighted by Gasteiger charge is 2.13. The van der Waals surface area contributed by atoms with E-state index >= 15 is 0 Å². The first-order valence-corrected chi connectivity index (χ1v) is 6.37. The molecule has 1 N–H and O–H groups in total. The number of hydrogen-bond donors (Lipinski definition) is 1. The molecule has 0 aliphatic carbocycles. The molecule has 0 fully saturated rings. The Labute approximate surface area is 124 Å². The van der Waals surface area contributed by atoms with Gasteiger partial charge in [0, 0.05) is 11.8 Å². The van der Waals surface area contributed by atoms with Crippen LogP contribution in [0.4, 0.5) is 14.5 Å². The minimum absolute atomic E-state index is 0.0754. The van der Waals surface area contributed by atoms with Gasteiger partial charge in [0.15, 0.2) is 11.6 Å². The fourth-order valence-electron chi connectivity index (χ4n) is 1.83. The van der Waals surface area contributed by atoms with E-state index in [4.69, 9.17) is 0 Å². The van der Waals surface area contributed by atoms with E-state index < -0.39 is 17.5 Å². The number of nitrogens with zero attached hydrogens (tertiary/aromatic N) is 3. The Kier molecular flexibility index (Phi) is 3.61. The third-order valence-corrected chi connectivity index (χ3v) is 2.89. The van der Waals surface area contributed by atoms with Crippen LogP contribution in [0.3, 0.4) is 0 Å². The summed E-state index contributed by atoms with van der Waals surface area (Å²) in [6.07, 6.45) is 1.26. The lowest BCUT2D eigenvalue weighted by Gasteiger charge is -2.02. The van der Waals surface area contributed by atoms with Gasteiger partial charge >= 0.3 is 0 Å². The van der Waals surface area contributed by atoms with E-state index in [1.165, 1.54) is 17.1 Å². The number of amides is 1. The summed E-state index contributed by atoms with van der Waals surface area (Å²) >= 11 is 0. The molecule has 7 heteroatoms. The summed E-state index contributed by atoms with van der Waals surface area (Å²) in [5.41, 5.74) is 0.877. The van der Waals surface area contributed by atoms with Gasteiger partial charge in [0.25, 0.3) is 5.91 Å². The van der Waals surface area contributed by atoms with Gasteiger partial charge in [-0.05, 0) is 24.3 Å². The van der Waals surface area contributed by atoms with Gasteiger partial charge in [-0.15, -0.1) is 5.10 Å². The molecular formula is C15H10F2N4O. The first-order chi connectivity index (χ1) is 10.6. The topological polar surface area (TPSA) is 59.8 Å². The van der Waals surface area contributed by atoms with E-state index in [1.54, 1.807) is 24.3 Å². The standard InChI is InChI=1S/C15H10F2N4O/c16-12-7-6-11(8-13(12)17)21-9-18-14(20-21)15(22)19-10-4-2-1-3-5-10/h1-9H,(H,19,22). The van der Waals surface area contributed by atoms with Crippen LogP contribution in [0.25, 0.3) is 5.69 Å². The first kappa shape index (κ1) is 13.9. The Hall–Kier alpha value is -3.09. The molecule has 0 atom stereocenters. The molecule has 1 heterocycles. The molecule has 1 aromatic heterocycles. The minimum Gasteiger partial charge on any atom is -0.319 e. The average molecular weight is 300 g/mol. The molecule has 0 bridgehead atoms. The van der Waals surface area contributed by atoms with E-state index in [0.717, 1.165) is 12.1 Å². The number of rotatable bonds is 3. The van der Waals surface area contributed by atoms with Crippen molar-refractivity contribution in [3.05, 3.63) is 72.3 Å². The fraction of sp³-hybridized carbons (Fsp3) is 0. The van der Waals surface area contributed by atoms with Gasteiger partial charge in [-0.25, -0.2) is 18.4 Å². The van der Waals surface area contributed by atoms with E-state index in [9.17, 15) is 13.6 Å². The zero-order valence-corrected chi connectivity index (χ0v) is 11.2. The normalized spacial score (nSPS) is 10.5. The summed E-state index contributed by atoms with van der Waals surface area (Å²) in [7, 11) is 0. The number of aromatic nitrogens is 3. The lowest BCUT2D eigenvalue weighted by molar-refractivity contribution is 0.101. The van der Waals surface area contributed by atoms with Gasteiger partial charge in [0.1, 0.15) is 6.33 Å². The molecule has 5 nitrogen and oxygen atoms in total. The second-order valence-electron chi connectivity index (χ2n) is 4.43. The Morgan fingerprint density at radius 3 is 2.55 bits per heavy atom. The maximum absolute atomic E-state index is 13.2. The molecule has 2 aromatic carbocycles. The van der Waals surface area contributed by atoms with E-state index in [-0.39, 0.29) is 11.5 Å². The number of carbonyl (C=O) groups excluding carboxylic acids is 1. The summed E-state index contributed by atoms with van der Waals surface area (Å²) in [6, 6.07) is 12.1. The molecular weight excluding hydrogens is 290 g/mol. The van der Waals surface area contributed by atoms with Crippen molar-refractivity contribution in [2.45, 2.75) is 0 Å². The summed E-state index contributed by atoms with van der Waals surface area (Å²) in [6.45, 7) is 0. The van der Waals surface area contributed by atoms with Crippen LogP contribution in [-0.4, -0.2) is 20.7 Å². The summed E-state index contributed by atoms with van der Waals surface area (Å²) in [5, 5.41) is 6.58. The van der Waals surface area contributed by atoms with Crippen molar-refractivity contribution >= 4 is 11.6 Å². The van der Waals surface area contributed by atoms with Crippen LogP contribution < -0.4 is 5.32 Å². The average Bonchev–Trinajstić information content (AvgIpc) is 3.01. The number of anilines is 1. The van der Waals surface area contributed by atoms with Crippen molar-refractivity contribution in [1.82, 2.24) is 14.8 Å². The van der Waals surface area contributed by atoms with Gasteiger partial charge in [0.2, 0.25) is 5.82 Å². The van der Waals surface area contributed by atoms with Gasteiger partial charge in [-0.1, -0.05) is 18.2 Å². The maximum Gasteiger partial charge on any atom is 0.295 e. The highest BCUT2D eigenvalue weighted by Crippen LogP contribution is 2.12. The molecule has 110 valence electrons. The molecule has 0 aliphatic rings. The maximum atomic E-state index is 13.2. The van der Waals surface area contributed by atoms with Crippen LogP contribution in [0, 0.1) is 11.6 Å². The Morgan fingerprint density at radius 1 is 1.05 bits per heavy atom. The molecule has 22 heavy (non-hydrogen) atoms. The SMILES string of the molecule is O=C(Nc1ccccc1)c1ncn(-c2ccc(F)c(F)c2)n1. The molecule has 1 amide bonds. The number of carbonyl (C=O) groups is 1. The second-order valence-corrected chi connectivity index (χ2v) is 4.43. The zero-order chi connectivity index (χ0) is 15.5. The third kappa shape index (κ3) is 2.83. The van der Waals surface area contributed by atoms with Crippen LogP contribution in [0.15, 0.2) is 54.9 Å². The Morgan fingerprint density at radius 2 is 1.82 bits per heavy atom. The number of hydrogen-bond acceptors (Lipinski definition) is 3. The molecule has 0 spiro atoms. The number of benzene rings is 2. The minimum atomic E-state index is -0.997. The highest BCUT2D eigenvalue weighted by atomic mass is 19.2. The quantitative estimate of drug-likeness (QED) is 0.809. The van der Waals surface area contributed by atoms with Crippen molar-refractivity contribution in [2.24, 2.45) is 0 Å². The second kappa shape index (κ2) is 5.72. The first-order valence-electron chi connectivity index (χ1n) is 6.37. The van der Waals surface area contributed by atoms with Crippen LogP contribution in [0.5, 0.6) is 0 Å².